The van der Waals surface area contributed by atoms with E-state index >= 15 is 0 Å². The molecule has 2 aromatic rings. The Morgan fingerprint density at radius 2 is 2.06 bits per heavy atom. The van der Waals surface area contributed by atoms with Crippen LogP contribution in [0, 0.1) is 6.92 Å². The van der Waals surface area contributed by atoms with Crippen molar-refractivity contribution >= 4 is 39.1 Å². The van der Waals surface area contributed by atoms with E-state index in [1.54, 1.807) is 22.9 Å². The lowest BCUT2D eigenvalue weighted by atomic mass is 10.3. The molecule has 0 radical (unpaired) electrons. The van der Waals surface area contributed by atoms with Gasteiger partial charge >= 0.3 is 0 Å². The van der Waals surface area contributed by atoms with Crippen LogP contribution in [0.4, 0.5) is 0 Å². The zero-order chi connectivity index (χ0) is 13.3. The number of hydrogen-bond donors (Lipinski definition) is 0. The molecule has 1 aromatic heterocycles. The highest BCUT2D eigenvalue weighted by atomic mass is 79.9. The highest BCUT2D eigenvalue weighted by molar-refractivity contribution is 9.08. The summed E-state index contributed by atoms with van der Waals surface area (Å²) >= 11 is 15.3. The van der Waals surface area contributed by atoms with Crippen LogP contribution in [-0.2, 0) is 12.4 Å². The molecule has 0 amide bonds. The third kappa shape index (κ3) is 2.66. The average molecular weight is 350 g/mol. The Morgan fingerprint density at radius 1 is 1.33 bits per heavy atom. The summed E-state index contributed by atoms with van der Waals surface area (Å²) in [5.74, 6) is 1.33. The van der Waals surface area contributed by atoms with Gasteiger partial charge in [0.25, 0.3) is 0 Å². The molecular formula is C12H11BrCl2N2O. The van der Waals surface area contributed by atoms with E-state index < -0.39 is 0 Å². The summed E-state index contributed by atoms with van der Waals surface area (Å²) in [4.78, 5) is 0. The number of nitrogens with zero attached hydrogens (tertiary/aromatic N) is 2. The number of aryl methyl sites for hydroxylation is 2. The number of halogens is 3. The number of aromatic nitrogens is 2. The van der Waals surface area contributed by atoms with Gasteiger partial charge < -0.3 is 4.74 Å². The van der Waals surface area contributed by atoms with E-state index in [-0.39, 0.29) is 0 Å². The molecule has 3 nitrogen and oxygen atoms in total. The molecule has 0 N–H and O–H groups in total. The van der Waals surface area contributed by atoms with E-state index in [0.717, 1.165) is 11.3 Å². The van der Waals surface area contributed by atoms with Crippen molar-refractivity contribution in [3.8, 4) is 11.6 Å². The molecule has 0 fully saturated rings. The standard InChI is InChI=1S/C12H11BrCl2N2O/c1-7-9(6-13)12(17(2)16-7)18-8-3-4-10(14)11(15)5-8/h3-5H,6H2,1-2H3. The largest absolute Gasteiger partial charge is 0.439 e. The van der Waals surface area contributed by atoms with Crippen LogP contribution in [0.3, 0.4) is 0 Å². The molecule has 2 rings (SSSR count). The number of rotatable bonds is 3. The number of ether oxygens (including phenoxy) is 1. The lowest BCUT2D eigenvalue weighted by Gasteiger charge is -2.08. The summed E-state index contributed by atoms with van der Waals surface area (Å²) in [6, 6.07) is 5.16. The van der Waals surface area contributed by atoms with Crippen LogP contribution < -0.4 is 4.74 Å². The van der Waals surface area contributed by atoms with Crippen LogP contribution in [0.5, 0.6) is 11.6 Å². The molecule has 0 aliphatic carbocycles. The summed E-state index contributed by atoms with van der Waals surface area (Å²) in [6.07, 6.45) is 0. The van der Waals surface area contributed by atoms with Gasteiger partial charge in [-0.2, -0.15) is 5.10 Å². The molecule has 0 saturated heterocycles. The van der Waals surface area contributed by atoms with E-state index in [0.29, 0.717) is 27.0 Å². The van der Waals surface area contributed by atoms with Gasteiger partial charge in [0.1, 0.15) is 5.75 Å². The molecule has 0 saturated carbocycles. The number of benzene rings is 1. The first-order valence-electron chi connectivity index (χ1n) is 5.24. The minimum atomic E-state index is 0.466. The van der Waals surface area contributed by atoms with E-state index in [1.165, 1.54) is 0 Å². The van der Waals surface area contributed by atoms with Gasteiger partial charge in [0, 0.05) is 24.0 Å². The normalized spacial score (nSPS) is 10.7. The van der Waals surface area contributed by atoms with Crippen LogP contribution >= 0.6 is 39.1 Å². The van der Waals surface area contributed by atoms with E-state index in [4.69, 9.17) is 27.9 Å². The van der Waals surface area contributed by atoms with Crippen molar-refractivity contribution in [3.05, 3.63) is 39.5 Å². The molecule has 0 aliphatic rings. The third-order valence-corrected chi connectivity index (χ3v) is 3.83. The first-order chi connectivity index (χ1) is 8.52. The highest BCUT2D eigenvalue weighted by Gasteiger charge is 2.14. The average Bonchev–Trinajstić information content (AvgIpc) is 2.58. The Kier molecular flexibility index (Phi) is 4.20. The molecule has 0 atom stereocenters. The monoisotopic (exact) mass is 348 g/mol. The molecule has 0 unspecified atom stereocenters. The SMILES string of the molecule is Cc1nn(C)c(Oc2ccc(Cl)c(Cl)c2)c1CBr. The molecule has 1 heterocycles. The van der Waals surface area contributed by atoms with Gasteiger partial charge in [-0.15, -0.1) is 0 Å². The molecule has 6 heteroatoms. The van der Waals surface area contributed by atoms with Gasteiger partial charge in [0.2, 0.25) is 5.88 Å². The fraction of sp³-hybridized carbons (Fsp3) is 0.250. The maximum atomic E-state index is 5.96. The van der Waals surface area contributed by atoms with Gasteiger partial charge in [-0.25, -0.2) is 4.68 Å². The van der Waals surface area contributed by atoms with Crippen molar-refractivity contribution in [1.29, 1.82) is 0 Å². The predicted octanol–water partition coefficient (Wildman–Crippen LogP) is 4.72. The van der Waals surface area contributed by atoms with Gasteiger partial charge in [0.15, 0.2) is 0 Å². The van der Waals surface area contributed by atoms with E-state index in [2.05, 4.69) is 21.0 Å². The quantitative estimate of drug-likeness (QED) is 0.749. The number of hydrogen-bond acceptors (Lipinski definition) is 2. The second-order valence-electron chi connectivity index (χ2n) is 3.80. The van der Waals surface area contributed by atoms with Crippen LogP contribution in [-0.4, -0.2) is 9.78 Å². The topological polar surface area (TPSA) is 27.1 Å². The summed E-state index contributed by atoms with van der Waals surface area (Å²) < 4.78 is 7.52. The lowest BCUT2D eigenvalue weighted by molar-refractivity contribution is 0.427. The maximum absolute atomic E-state index is 5.96. The predicted molar refractivity (Wildman–Crippen MR) is 77.1 cm³/mol. The Bertz CT molecular complexity index is 584. The lowest BCUT2D eigenvalue weighted by Crippen LogP contribution is -1.96. The third-order valence-electron chi connectivity index (χ3n) is 2.53. The first-order valence-corrected chi connectivity index (χ1v) is 7.12. The van der Waals surface area contributed by atoms with Crippen LogP contribution in [0.15, 0.2) is 18.2 Å². The molecular weight excluding hydrogens is 339 g/mol. The van der Waals surface area contributed by atoms with Crippen LogP contribution in [0.2, 0.25) is 10.0 Å². The van der Waals surface area contributed by atoms with Gasteiger partial charge in [-0.05, 0) is 19.1 Å². The molecule has 18 heavy (non-hydrogen) atoms. The molecule has 0 aliphatic heterocycles. The molecule has 96 valence electrons. The smallest absolute Gasteiger partial charge is 0.221 e. The Labute approximate surface area is 124 Å². The Morgan fingerprint density at radius 3 is 2.67 bits per heavy atom. The van der Waals surface area contributed by atoms with Gasteiger partial charge in [0.05, 0.1) is 15.7 Å². The zero-order valence-electron chi connectivity index (χ0n) is 9.88. The molecule has 1 aromatic carbocycles. The molecule has 0 spiro atoms. The van der Waals surface area contributed by atoms with Crippen molar-refractivity contribution in [3.63, 3.8) is 0 Å². The van der Waals surface area contributed by atoms with Gasteiger partial charge in [-0.3, -0.25) is 0 Å². The molecule has 0 bridgehead atoms. The Hall–Kier alpha value is -0.710. The van der Waals surface area contributed by atoms with Crippen LogP contribution in [0.25, 0.3) is 0 Å². The van der Waals surface area contributed by atoms with Crippen molar-refractivity contribution < 1.29 is 4.74 Å². The van der Waals surface area contributed by atoms with Crippen LogP contribution in [0.1, 0.15) is 11.3 Å². The maximum Gasteiger partial charge on any atom is 0.221 e. The van der Waals surface area contributed by atoms with Crippen molar-refractivity contribution in [2.75, 3.05) is 0 Å². The summed E-state index contributed by atoms with van der Waals surface area (Å²) in [5.41, 5.74) is 1.95. The summed E-state index contributed by atoms with van der Waals surface area (Å²) in [7, 11) is 1.84. The minimum Gasteiger partial charge on any atom is -0.439 e. The Balaban J connectivity index is 2.36. The fourth-order valence-electron chi connectivity index (χ4n) is 1.61. The van der Waals surface area contributed by atoms with E-state index in [9.17, 15) is 0 Å². The van der Waals surface area contributed by atoms with Crippen molar-refractivity contribution in [2.45, 2.75) is 12.3 Å². The minimum absolute atomic E-state index is 0.466. The summed E-state index contributed by atoms with van der Waals surface area (Å²) in [5, 5.41) is 5.98. The number of alkyl halides is 1. The van der Waals surface area contributed by atoms with E-state index in [1.807, 2.05) is 14.0 Å². The van der Waals surface area contributed by atoms with Gasteiger partial charge in [-0.1, -0.05) is 39.1 Å². The van der Waals surface area contributed by atoms with Crippen molar-refractivity contribution in [1.82, 2.24) is 9.78 Å². The summed E-state index contributed by atoms with van der Waals surface area (Å²) in [6.45, 7) is 1.94. The first kappa shape index (κ1) is 13.7. The fourth-order valence-corrected chi connectivity index (χ4v) is 2.55. The highest BCUT2D eigenvalue weighted by Crippen LogP contribution is 2.32. The second-order valence-corrected chi connectivity index (χ2v) is 5.18. The zero-order valence-corrected chi connectivity index (χ0v) is 13.0. The second kappa shape index (κ2) is 5.51. The van der Waals surface area contributed by atoms with Crippen molar-refractivity contribution in [2.24, 2.45) is 7.05 Å².